The summed E-state index contributed by atoms with van der Waals surface area (Å²) in [6.45, 7) is 9.02. The first-order valence-electron chi connectivity index (χ1n) is 5.33. The first-order chi connectivity index (χ1) is 5.95. The van der Waals surface area contributed by atoms with Crippen LogP contribution in [0.3, 0.4) is 0 Å². The molecular weight excluding hydrogens is 176 g/mol. The quantitative estimate of drug-likeness (QED) is 0.515. The van der Waals surface area contributed by atoms with E-state index in [0.29, 0.717) is 0 Å². The molecule has 0 aromatic heterocycles. The molecule has 0 aliphatic heterocycles. The van der Waals surface area contributed by atoms with Crippen LogP contribution in [0.2, 0.25) is 19.6 Å². The van der Waals surface area contributed by atoms with Crippen LogP contribution in [0.25, 0.3) is 0 Å². The Morgan fingerprint density at radius 3 is 2.31 bits per heavy atom. The first-order valence-corrected chi connectivity index (χ1v) is 8.91. The van der Waals surface area contributed by atoms with Gasteiger partial charge in [0.25, 0.3) is 0 Å². The Morgan fingerprint density at radius 2 is 1.85 bits per heavy atom. The van der Waals surface area contributed by atoms with Crippen LogP contribution < -0.4 is 0 Å². The normalized spacial score (nSPS) is 15.2. The summed E-state index contributed by atoms with van der Waals surface area (Å²) in [6.07, 6.45) is 6.31. The van der Waals surface area contributed by atoms with Crippen molar-refractivity contribution in [3.05, 3.63) is 11.8 Å². The molecule has 0 aromatic carbocycles. The zero-order valence-electron chi connectivity index (χ0n) is 9.51. The molecule has 0 amide bonds. The number of aliphatic hydroxyl groups excluding tert-OH is 1. The van der Waals surface area contributed by atoms with E-state index in [4.69, 9.17) is 0 Å². The van der Waals surface area contributed by atoms with Gasteiger partial charge in [0.1, 0.15) is 0 Å². The van der Waals surface area contributed by atoms with Crippen molar-refractivity contribution in [3.63, 3.8) is 0 Å². The summed E-state index contributed by atoms with van der Waals surface area (Å²) in [4.78, 5) is 0. The molecule has 0 aliphatic carbocycles. The van der Waals surface area contributed by atoms with Crippen molar-refractivity contribution < 1.29 is 5.11 Å². The fraction of sp³-hybridized carbons (Fsp3) is 0.818. The zero-order chi connectivity index (χ0) is 10.3. The molecule has 0 aromatic rings. The van der Waals surface area contributed by atoms with Crippen LogP contribution in [0.1, 0.15) is 32.6 Å². The Bertz CT molecular complexity index is 147. The lowest BCUT2D eigenvalue weighted by molar-refractivity contribution is 0.208. The van der Waals surface area contributed by atoms with Crippen molar-refractivity contribution >= 4 is 8.07 Å². The molecule has 0 heterocycles. The molecule has 1 atom stereocenters. The van der Waals surface area contributed by atoms with Gasteiger partial charge in [-0.25, -0.2) is 0 Å². The highest BCUT2D eigenvalue weighted by atomic mass is 28.3. The van der Waals surface area contributed by atoms with E-state index >= 15 is 0 Å². The van der Waals surface area contributed by atoms with Gasteiger partial charge >= 0.3 is 0 Å². The fourth-order valence-electron chi connectivity index (χ4n) is 1.10. The highest BCUT2D eigenvalue weighted by molar-refractivity contribution is 6.80. The Labute approximate surface area is 83.9 Å². The number of hydrogen-bond acceptors (Lipinski definition) is 1. The van der Waals surface area contributed by atoms with Crippen molar-refractivity contribution in [1.82, 2.24) is 0 Å². The lowest BCUT2D eigenvalue weighted by atomic mass is 10.1. The third kappa shape index (κ3) is 9.83. The molecule has 0 bridgehead atoms. The minimum Gasteiger partial charge on any atom is -0.389 e. The summed E-state index contributed by atoms with van der Waals surface area (Å²) < 4.78 is 0. The van der Waals surface area contributed by atoms with Gasteiger partial charge in [-0.15, -0.1) is 0 Å². The lowest BCUT2D eigenvalue weighted by Crippen LogP contribution is -2.17. The average Bonchev–Trinajstić information content (AvgIpc) is 2.00. The van der Waals surface area contributed by atoms with E-state index in [1.54, 1.807) is 0 Å². The monoisotopic (exact) mass is 200 g/mol. The second-order valence-corrected chi connectivity index (χ2v) is 9.85. The summed E-state index contributed by atoms with van der Waals surface area (Å²) >= 11 is 0. The largest absolute Gasteiger partial charge is 0.389 e. The van der Waals surface area contributed by atoms with Gasteiger partial charge < -0.3 is 5.11 Å². The van der Waals surface area contributed by atoms with Gasteiger partial charge in [-0.2, -0.15) is 0 Å². The van der Waals surface area contributed by atoms with Gasteiger partial charge in [0.2, 0.25) is 0 Å². The van der Waals surface area contributed by atoms with Crippen LogP contribution in [0.15, 0.2) is 11.8 Å². The summed E-state index contributed by atoms with van der Waals surface area (Å²) in [5, 5.41) is 9.57. The number of unbranched alkanes of at least 4 members (excludes halogenated alkanes) is 2. The minimum absolute atomic E-state index is 0.210. The highest BCUT2D eigenvalue weighted by Gasteiger charge is 2.08. The predicted molar refractivity (Wildman–Crippen MR) is 62.6 cm³/mol. The SMILES string of the molecule is CCCCC[C@H](O)/C=C/[Si](C)(C)C. The van der Waals surface area contributed by atoms with Crippen molar-refractivity contribution in [2.45, 2.75) is 58.4 Å². The Morgan fingerprint density at radius 1 is 1.23 bits per heavy atom. The molecule has 13 heavy (non-hydrogen) atoms. The van der Waals surface area contributed by atoms with E-state index in [9.17, 15) is 5.11 Å². The highest BCUT2D eigenvalue weighted by Crippen LogP contribution is 2.07. The maximum Gasteiger partial charge on any atom is 0.0717 e. The summed E-state index contributed by atoms with van der Waals surface area (Å²) in [5.74, 6) is 0. The maximum absolute atomic E-state index is 9.57. The molecule has 0 rings (SSSR count). The molecule has 0 unspecified atom stereocenters. The number of hydrogen-bond donors (Lipinski definition) is 1. The molecule has 0 saturated heterocycles. The molecule has 1 N–H and O–H groups in total. The van der Waals surface area contributed by atoms with E-state index in [1.165, 1.54) is 12.8 Å². The van der Waals surface area contributed by atoms with Gasteiger partial charge in [-0.3, -0.25) is 0 Å². The number of aliphatic hydroxyl groups is 1. The topological polar surface area (TPSA) is 20.2 Å². The van der Waals surface area contributed by atoms with E-state index < -0.39 is 8.07 Å². The molecule has 78 valence electrons. The standard InChI is InChI=1S/C11H24OSi/c1-5-6-7-8-11(12)9-10-13(2,3)4/h9-12H,5-8H2,1-4H3/b10-9+/t11-/m0/s1. The van der Waals surface area contributed by atoms with Crippen molar-refractivity contribution in [3.8, 4) is 0 Å². The second-order valence-electron chi connectivity index (χ2n) is 4.79. The smallest absolute Gasteiger partial charge is 0.0717 e. The fourth-order valence-corrected chi connectivity index (χ4v) is 1.90. The van der Waals surface area contributed by atoms with E-state index in [-0.39, 0.29) is 6.10 Å². The minimum atomic E-state index is -1.11. The van der Waals surface area contributed by atoms with Crippen molar-refractivity contribution in [2.75, 3.05) is 0 Å². The molecule has 2 heteroatoms. The summed E-state index contributed by atoms with van der Waals surface area (Å²) in [5.41, 5.74) is 2.23. The summed E-state index contributed by atoms with van der Waals surface area (Å²) in [6, 6.07) is 0. The van der Waals surface area contributed by atoms with Crippen molar-refractivity contribution in [2.24, 2.45) is 0 Å². The molecule has 0 spiro atoms. The van der Waals surface area contributed by atoms with Gasteiger partial charge in [0, 0.05) is 0 Å². The third-order valence-electron chi connectivity index (χ3n) is 1.92. The summed E-state index contributed by atoms with van der Waals surface area (Å²) in [7, 11) is -1.11. The lowest BCUT2D eigenvalue weighted by Gasteiger charge is -2.10. The van der Waals surface area contributed by atoms with Gasteiger partial charge in [0.15, 0.2) is 0 Å². The van der Waals surface area contributed by atoms with E-state index in [2.05, 4.69) is 32.3 Å². The molecule has 1 nitrogen and oxygen atoms in total. The Balaban J connectivity index is 3.61. The van der Waals surface area contributed by atoms with Crippen LogP contribution in [-0.4, -0.2) is 19.3 Å². The van der Waals surface area contributed by atoms with E-state index in [0.717, 1.165) is 12.8 Å². The molecule has 0 aliphatic rings. The van der Waals surface area contributed by atoms with Crippen molar-refractivity contribution in [1.29, 1.82) is 0 Å². The van der Waals surface area contributed by atoms with Crippen LogP contribution in [0.5, 0.6) is 0 Å². The second kappa shape index (κ2) is 6.38. The van der Waals surface area contributed by atoms with Crippen LogP contribution >= 0.6 is 0 Å². The maximum atomic E-state index is 9.57. The zero-order valence-corrected chi connectivity index (χ0v) is 10.5. The van der Waals surface area contributed by atoms with Gasteiger partial charge in [-0.05, 0) is 6.42 Å². The van der Waals surface area contributed by atoms with E-state index in [1.807, 2.05) is 6.08 Å². The van der Waals surface area contributed by atoms with Crippen LogP contribution in [-0.2, 0) is 0 Å². The molecular formula is C11H24OSi. The van der Waals surface area contributed by atoms with Crippen LogP contribution in [0.4, 0.5) is 0 Å². The molecule has 0 saturated carbocycles. The number of rotatable bonds is 6. The van der Waals surface area contributed by atoms with Gasteiger partial charge in [0.05, 0.1) is 14.2 Å². The molecule has 0 radical (unpaired) electrons. The molecule has 0 fully saturated rings. The first kappa shape index (κ1) is 12.9. The Kier molecular flexibility index (Phi) is 6.34. The Hall–Kier alpha value is -0.0831. The third-order valence-corrected chi connectivity index (χ3v) is 3.11. The predicted octanol–water partition coefficient (Wildman–Crippen LogP) is 3.36. The van der Waals surface area contributed by atoms with Crippen LogP contribution in [0, 0.1) is 0 Å². The average molecular weight is 200 g/mol. The van der Waals surface area contributed by atoms with Gasteiger partial charge in [-0.1, -0.05) is 57.6 Å².